The molecule has 0 saturated heterocycles. The summed E-state index contributed by atoms with van der Waals surface area (Å²) in [6.07, 6.45) is 6.75. The zero-order chi connectivity index (χ0) is 28.8. The first-order valence-corrected chi connectivity index (χ1v) is 15.6. The van der Waals surface area contributed by atoms with E-state index in [9.17, 15) is 23.1 Å². The van der Waals surface area contributed by atoms with E-state index in [1.165, 1.54) is 26.3 Å². The lowest BCUT2D eigenvalue weighted by Crippen LogP contribution is -2.62. The van der Waals surface area contributed by atoms with E-state index in [0.717, 1.165) is 47.7 Å². The standard InChI is InChI=1S/C27H30ClN3O7S2/c1-16-21-24(32)31(27(2,3)26(33)34)40(35,36)30(25(21)39-22(16)23-29-13-14-37-23)15-20(18-11-7-8-12-19(18)28)38-17-9-5-4-6-10-17/h7-8,11-14,17,20H,4-6,9-10,15H2,1-3H3,(H,33,34)/t20-/m0/s1. The molecule has 1 amide bonds. The minimum atomic E-state index is -4.69. The molecule has 0 unspecified atom stereocenters. The molecule has 1 aliphatic heterocycles. The van der Waals surface area contributed by atoms with Gasteiger partial charge in [-0.15, -0.1) is 11.3 Å². The summed E-state index contributed by atoms with van der Waals surface area (Å²) in [5.41, 5.74) is -0.944. The van der Waals surface area contributed by atoms with Gasteiger partial charge in [0.2, 0.25) is 5.89 Å². The second-order valence-corrected chi connectivity index (χ2v) is 13.6. The molecule has 40 heavy (non-hydrogen) atoms. The summed E-state index contributed by atoms with van der Waals surface area (Å²) in [5.74, 6) is -2.16. The van der Waals surface area contributed by atoms with Crippen molar-refractivity contribution in [3.05, 3.63) is 58.4 Å². The maximum absolute atomic E-state index is 14.2. The minimum absolute atomic E-state index is 0.0814. The summed E-state index contributed by atoms with van der Waals surface area (Å²) in [4.78, 5) is 30.7. The van der Waals surface area contributed by atoms with Crippen LogP contribution in [0.3, 0.4) is 0 Å². The van der Waals surface area contributed by atoms with Crippen LogP contribution in [-0.2, 0) is 19.7 Å². The van der Waals surface area contributed by atoms with E-state index in [1.807, 2.05) is 0 Å². The topological polar surface area (TPSA) is 130 Å². The van der Waals surface area contributed by atoms with Gasteiger partial charge >= 0.3 is 16.2 Å². The van der Waals surface area contributed by atoms with Gasteiger partial charge in [0.05, 0.1) is 29.3 Å². The number of halogens is 1. The van der Waals surface area contributed by atoms with Gasteiger partial charge in [-0.2, -0.15) is 8.42 Å². The normalized spacial score (nSPS) is 18.6. The highest BCUT2D eigenvalue weighted by Crippen LogP contribution is 2.48. The Kier molecular flexibility index (Phi) is 7.73. The van der Waals surface area contributed by atoms with Gasteiger partial charge in [-0.25, -0.2) is 18.4 Å². The Morgan fingerprint density at radius 2 is 1.98 bits per heavy atom. The van der Waals surface area contributed by atoms with E-state index in [4.69, 9.17) is 20.8 Å². The predicted octanol–water partition coefficient (Wildman–Crippen LogP) is 5.83. The summed E-state index contributed by atoms with van der Waals surface area (Å²) in [7, 11) is -4.69. The highest BCUT2D eigenvalue weighted by molar-refractivity contribution is 7.91. The molecule has 0 spiro atoms. The molecule has 3 aromatic rings. The Hall–Kier alpha value is -2.93. The molecular weight excluding hydrogens is 578 g/mol. The molecule has 1 saturated carbocycles. The van der Waals surface area contributed by atoms with Crippen LogP contribution >= 0.6 is 22.9 Å². The number of amides is 1. The molecule has 214 valence electrons. The highest BCUT2D eigenvalue weighted by Gasteiger charge is 2.54. The van der Waals surface area contributed by atoms with Crippen LogP contribution in [0.25, 0.3) is 10.8 Å². The van der Waals surface area contributed by atoms with Crippen molar-refractivity contribution in [2.45, 2.75) is 70.6 Å². The SMILES string of the molecule is Cc1c(-c2ncco2)sc2c1C(=O)N(C(C)(C)C(=O)O)S(=O)(=O)N2C[C@H](OC1CCCCC1)c1ccccc1Cl. The van der Waals surface area contributed by atoms with Gasteiger partial charge < -0.3 is 14.3 Å². The maximum atomic E-state index is 14.2. The zero-order valence-electron chi connectivity index (χ0n) is 22.3. The number of carboxylic acid groups (broad SMARTS) is 1. The van der Waals surface area contributed by atoms with Crippen molar-refractivity contribution < 1.29 is 32.3 Å². The molecule has 0 radical (unpaired) electrons. The third-order valence-electron chi connectivity index (χ3n) is 7.41. The number of nitrogens with zero attached hydrogens (tertiary/aromatic N) is 3. The lowest BCUT2D eigenvalue weighted by molar-refractivity contribution is -0.145. The molecule has 5 rings (SSSR count). The van der Waals surface area contributed by atoms with E-state index in [0.29, 0.717) is 25.3 Å². The number of aromatic nitrogens is 1. The first-order chi connectivity index (χ1) is 18.9. The average molecular weight is 608 g/mol. The quantitative estimate of drug-likeness (QED) is 0.339. The number of oxazole rings is 1. The van der Waals surface area contributed by atoms with Gasteiger partial charge in [-0.3, -0.25) is 4.79 Å². The van der Waals surface area contributed by atoms with E-state index in [2.05, 4.69) is 4.98 Å². The molecule has 13 heteroatoms. The molecule has 3 heterocycles. The van der Waals surface area contributed by atoms with Crippen LogP contribution in [0.1, 0.15) is 73.5 Å². The number of benzene rings is 1. The van der Waals surface area contributed by atoms with Crippen molar-refractivity contribution in [3.63, 3.8) is 0 Å². The number of thiophene rings is 1. The van der Waals surface area contributed by atoms with Crippen molar-refractivity contribution in [2.75, 3.05) is 10.8 Å². The fourth-order valence-electron chi connectivity index (χ4n) is 5.22. The second kappa shape index (κ2) is 10.8. The number of carboxylic acids is 1. The molecule has 1 aromatic carbocycles. The lowest BCUT2D eigenvalue weighted by atomic mass is 9.97. The molecule has 2 aromatic heterocycles. The number of anilines is 1. The van der Waals surface area contributed by atoms with Crippen LogP contribution in [0.4, 0.5) is 5.00 Å². The number of fused-ring (bicyclic) bond motifs is 1. The number of carbonyl (C=O) groups is 2. The van der Waals surface area contributed by atoms with E-state index < -0.39 is 33.7 Å². The molecule has 1 aliphatic carbocycles. The van der Waals surface area contributed by atoms with E-state index in [1.54, 1.807) is 31.2 Å². The Balaban J connectivity index is 1.68. The summed E-state index contributed by atoms with van der Waals surface area (Å²) in [6, 6.07) is 7.08. The van der Waals surface area contributed by atoms with Gasteiger partial charge in [0, 0.05) is 10.6 Å². The van der Waals surface area contributed by atoms with E-state index in [-0.39, 0.29) is 29.1 Å². The minimum Gasteiger partial charge on any atom is -0.479 e. The number of hydrogen-bond acceptors (Lipinski definition) is 8. The van der Waals surface area contributed by atoms with Gasteiger partial charge in [-0.05, 0) is 45.2 Å². The number of ether oxygens (including phenoxy) is 1. The Morgan fingerprint density at radius 3 is 2.60 bits per heavy atom. The monoisotopic (exact) mass is 607 g/mol. The van der Waals surface area contributed by atoms with Crippen LogP contribution in [0.15, 0.2) is 41.1 Å². The van der Waals surface area contributed by atoms with Gasteiger partial charge in [0.15, 0.2) is 5.54 Å². The van der Waals surface area contributed by atoms with Crippen molar-refractivity contribution in [3.8, 4) is 10.8 Å². The molecule has 10 nitrogen and oxygen atoms in total. The predicted molar refractivity (Wildman–Crippen MR) is 151 cm³/mol. The van der Waals surface area contributed by atoms with Crippen LogP contribution in [-0.4, -0.2) is 52.9 Å². The maximum Gasteiger partial charge on any atom is 0.330 e. The molecule has 2 aliphatic rings. The average Bonchev–Trinajstić information content (AvgIpc) is 3.54. The third kappa shape index (κ3) is 4.91. The molecule has 1 N–H and O–H groups in total. The summed E-state index contributed by atoms with van der Waals surface area (Å²) in [5, 5.41) is 10.5. The number of hydrogen-bond donors (Lipinski definition) is 1. The van der Waals surface area contributed by atoms with E-state index >= 15 is 0 Å². The summed E-state index contributed by atoms with van der Waals surface area (Å²) >= 11 is 7.63. The first kappa shape index (κ1) is 28.6. The fraction of sp³-hybridized carbons (Fsp3) is 0.444. The number of carbonyl (C=O) groups excluding carboxylic acids is 1. The van der Waals surface area contributed by atoms with Gasteiger partial charge in [-0.1, -0.05) is 49.1 Å². The number of aliphatic carboxylic acids is 1. The van der Waals surface area contributed by atoms with Gasteiger partial charge in [0.1, 0.15) is 17.4 Å². The van der Waals surface area contributed by atoms with Crippen LogP contribution in [0.5, 0.6) is 0 Å². The zero-order valence-corrected chi connectivity index (χ0v) is 24.7. The molecule has 1 fully saturated rings. The molecule has 1 atom stereocenters. The van der Waals surface area contributed by atoms with Crippen molar-refractivity contribution in [2.24, 2.45) is 0 Å². The van der Waals surface area contributed by atoms with Crippen LogP contribution < -0.4 is 4.31 Å². The van der Waals surface area contributed by atoms with Gasteiger partial charge in [0.25, 0.3) is 5.91 Å². The third-order valence-corrected chi connectivity index (χ3v) is 11.1. The Morgan fingerprint density at radius 1 is 1.27 bits per heavy atom. The summed E-state index contributed by atoms with van der Waals surface area (Å²) < 4.78 is 42.0. The Bertz CT molecular complexity index is 1530. The molecular formula is C27H30ClN3O7S2. The van der Waals surface area contributed by atoms with Crippen LogP contribution in [0, 0.1) is 6.92 Å². The van der Waals surface area contributed by atoms with Crippen LogP contribution in [0.2, 0.25) is 5.02 Å². The van der Waals surface area contributed by atoms with Crippen molar-refractivity contribution in [1.29, 1.82) is 0 Å². The highest BCUT2D eigenvalue weighted by atomic mass is 35.5. The van der Waals surface area contributed by atoms with Crippen molar-refractivity contribution in [1.82, 2.24) is 9.29 Å². The second-order valence-electron chi connectivity index (χ2n) is 10.5. The lowest BCUT2D eigenvalue weighted by Gasteiger charge is -2.42. The molecule has 0 bridgehead atoms. The largest absolute Gasteiger partial charge is 0.479 e. The Labute approximate surface area is 241 Å². The first-order valence-electron chi connectivity index (χ1n) is 13.0. The fourth-order valence-corrected chi connectivity index (χ4v) is 8.80. The number of rotatable bonds is 8. The smallest absolute Gasteiger partial charge is 0.330 e. The summed E-state index contributed by atoms with van der Waals surface area (Å²) in [6.45, 7) is 3.82. The van der Waals surface area contributed by atoms with Crippen molar-refractivity contribution >= 4 is 50.0 Å².